The molecule has 3 nitrogen and oxygen atoms in total. The number of benzene rings is 2. The van der Waals surface area contributed by atoms with E-state index in [1.807, 2.05) is 48.5 Å². The summed E-state index contributed by atoms with van der Waals surface area (Å²) in [6, 6.07) is 20.7. The number of nitrogens with one attached hydrogen (secondary N) is 1. The van der Waals surface area contributed by atoms with Crippen molar-refractivity contribution in [3.63, 3.8) is 0 Å². The van der Waals surface area contributed by atoms with Crippen molar-refractivity contribution >= 4 is 23.0 Å². The van der Waals surface area contributed by atoms with Crippen molar-refractivity contribution in [2.75, 3.05) is 11.9 Å². The van der Waals surface area contributed by atoms with E-state index in [-0.39, 0.29) is 11.9 Å². The first kappa shape index (κ1) is 15.8. The molecular formula is C20H18FN3S. The molecule has 0 aliphatic carbocycles. The van der Waals surface area contributed by atoms with Crippen LogP contribution in [0.2, 0.25) is 0 Å². The minimum atomic E-state index is -0.230. The Bertz CT molecular complexity index is 873. The first-order valence-corrected chi connectivity index (χ1v) is 8.66. The summed E-state index contributed by atoms with van der Waals surface area (Å²) in [6.45, 7) is 1.67. The lowest BCUT2D eigenvalue weighted by Crippen LogP contribution is -2.44. The maximum absolute atomic E-state index is 13.4. The number of rotatable bonds is 2. The normalized spacial score (nSPS) is 16.4. The minimum Gasteiger partial charge on any atom is -0.348 e. The molecule has 0 saturated heterocycles. The van der Waals surface area contributed by atoms with Crippen molar-refractivity contribution in [3.8, 4) is 0 Å². The van der Waals surface area contributed by atoms with Gasteiger partial charge in [0, 0.05) is 30.7 Å². The maximum atomic E-state index is 13.4. The van der Waals surface area contributed by atoms with Gasteiger partial charge in [0.2, 0.25) is 0 Å². The molecule has 0 radical (unpaired) electrons. The lowest BCUT2D eigenvalue weighted by Gasteiger charge is -2.39. The van der Waals surface area contributed by atoms with Crippen LogP contribution in [-0.4, -0.2) is 21.1 Å². The first-order valence-electron chi connectivity index (χ1n) is 8.25. The highest BCUT2D eigenvalue weighted by Crippen LogP contribution is 2.33. The quantitative estimate of drug-likeness (QED) is 0.690. The van der Waals surface area contributed by atoms with Gasteiger partial charge < -0.3 is 14.8 Å². The maximum Gasteiger partial charge on any atom is 0.174 e. The summed E-state index contributed by atoms with van der Waals surface area (Å²) in [5, 5.41) is 3.99. The van der Waals surface area contributed by atoms with Gasteiger partial charge in [-0.25, -0.2) is 4.39 Å². The zero-order chi connectivity index (χ0) is 17.2. The van der Waals surface area contributed by atoms with Gasteiger partial charge in [0.05, 0.1) is 6.04 Å². The molecule has 0 fully saturated rings. The monoisotopic (exact) mass is 351 g/mol. The summed E-state index contributed by atoms with van der Waals surface area (Å²) < 4.78 is 15.6. The van der Waals surface area contributed by atoms with E-state index in [2.05, 4.69) is 27.0 Å². The zero-order valence-electron chi connectivity index (χ0n) is 13.6. The lowest BCUT2D eigenvalue weighted by atomic mass is 10.0. The van der Waals surface area contributed by atoms with Crippen molar-refractivity contribution in [3.05, 3.63) is 90.0 Å². The summed E-state index contributed by atoms with van der Waals surface area (Å²) in [6.07, 6.45) is 2.08. The van der Waals surface area contributed by atoms with E-state index in [0.717, 1.165) is 30.0 Å². The molecule has 25 heavy (non-hydrogen) atoms. The molecule has 0 bridgehead atoms. The molecule has 3 aromatic rings. The smallest absolute Gasteiger partial charge is 0.174 e. The van der Waals surface area contributed by atoms with E-state index in [4.69, 9.17) is 12.2 Å². The molecule has 1 atom stereocenters. The Kier molecular flexibility index (Phi) is 4.24. The fraction of sp³-hybridized carbons (Fsp3) is 0.150. The van der Waals surface area contributed by atoms with E-state index >= 15 is 0 Å². The van der Waals surface area contributed by atoms with Crippen LogP contribution in [0.5, 0.6) is 0 Å². The van der Waals surface area contributed by atoms with Crippen molar-refractivity contribution in [2.24, 2.45) is 0 Å². The van der Waals surface area contributed by atoms with Crippen LogP contribution in [0.25, 0.3) is 0 Å². The molecule has 126 valence electrons. The second-order valence-electron chi connectivity index (χ2n) is 6.07. The number of hydrogen-bond donors (Lipinski definition) is 1. The zero-order valence-corrected chi connectivity index (χ0v) is 14.4. The van der Waals surface area contributed by atoms with Gasteiger partial charge in [0.15, 0.2) is 5.11 Å². The second kappa shape index (κ2) is 6.69. The highest BCUT2D eigenvalue weighted by Gasteiger charge is 2.30. The Morgan fingerprint density at radius 1 is 0.960 bits per heavy atom. The molecule has 0 saturated carbocycles. The van der Waals surface area contributed by atoms with Gasteiger partial charge in [0.25, 0.3) is 0 Å². The molecule has 0 spiro atoms. The lowest BCUT2D eigenvalue weighted by molar-refractivity contribution is 0.293. The summed E-state index contributed by atoms with van der Waals surface area (Å²) >= 11 is 5.69. The van der Waals surface area contributed by atoms with Crippen molar-refractivity contribution in [2.45, 2.75) is 12.6 Å². The highest BCUT2D eigenvalue weighted by atomic mass is 32.1. The van der Waals surface area contributed by atoms with Gasteiger partial charge in [0.1, 0.15) is 5.82 Å². The van der Waals surface area contributed by atoms with Gasteiger partial charge in [-0.1, -0.05) is 30.3 Å². The van der Waals surface area contributed by atoms with E-state index in [1.165, 1.54) is 12.1 Å². The highest BCUT2D eigenvalue weighted by molar-refractivity contribution is 7.80. The second-order valence-corrected chi connectivity index (χ2v) is 6.46. The largest absolute Gasteiger partial charge is 0.348 e. The first-order chi connectivity index (χ1) is 12.2. The number of para-hydroxylation sites is 1. The van der Waals surface area contributed by atoms with Crippen molar-refractivity contribution < 1.29 is 4.39 Å². The van der Waals surface area contributed by atoms with Gasteiger partial charge in [-0.15, -0.1) is 0 Å². The Morgan fingerprint density at radius 2 is 1.72 bits per heavy atom. The SMILES string of the molecule is Fc1ccc([C@H]2c3cccn3CCN2C(=S)Nc2ccccc2)cc1. The van der Waals surface area contributed by atoms with Gasteiger partial charge in [-0.05, 0) is 54.2 Å². The van der Waals surface area contributed by atoms with Crippen LogP contribution >= 0.6 is 12.2 Å². The standard InChI is InChI=1S/C20H18FN3S/c21-16-10-8-15(9-11-16)19-18-7-4-12-23(18)13-14-24(19)20(25)22-17-5-2-1-3-6-17/h1-12,19H,13-14H2,(H,22,25)/t19-/m0/s1. The molecule has 5 heteroatoms. The Morgan fingerprint density at radius 3 is 2.48 bits per heavy atom. The van der Waals surface area contributed by atoms with Gasteiger partial charge in [-0.3, -0.25) is 0 Å². The van der Waals surface area contributed by atoms with Crippen LogP contribution in [0.3, 0.4) is 0 Å². The molecule has 1 aliphatic heterocycles. The van der Waals surface area contributed by atoms with Crippen LogP contribution in [-0.2, 0) is 6.54 Å². The van der Waals surface area contributed by atoms with Crippen LogP contribution in [0.1, 0.15) is 17.3 Å². The van der Waals surface area contributed by atoms with E-state index < -0.39 is 0 Å². The summed E-state index contributed by atoms with van der Waals surface area (Å²) in [5.41, 5.74) is 3.15. The predicted molar refractivity (Wildman–Crippen MR) is 102 cm³/mol. The molecule has 2 heterocycles. The van der Waals surface area contributed by atoms with Gasteiger partial charge in [-0.2, -0.15) is 0 Å². The molecule has 0 unspecified atom stereocenters. The number of thiocarbonyl (C=S) groups is 1. The van der Waals surface area contributed by atoms with Gasteiger partial charge >= 0.3 is 0 Å². The third-order valence-electron chi connectivity index (χ3n) is 4.51. The minimum absolute atomic E-state index is 0.0342. The third-order valence-corrected chi connectivity index (χ3v) is 4.85. The number of halogens is 1. The van der Waals surface area contributed by atoms with Crippen molar-refractivity contribution in [1.29, 1.82) is 0 Å². The Labute approximate surface area is 151 Å². The number of fused-ring (bicyclic) bond motifs is 1. The topological polar surface area (TPSA) is 20.2 Å². The summed E-state index contributed by atoms with van der Waals surface area (Å²) in [4.78, 5) is 2.17. The van der Waals surface area contributed by atoms with Crippen molar-refractivity contribution in [1.82, 2.24) is 9.47 Å². The fourth-order valence-electron chi connectivity index (χ4n) is 3.31. The van der Waals surface area contributed by atoms with Crippen LogP contribution in [0.15, 0.2) is 72.9 Å². The van der Waals surface area contributed by atoms with Crippen LogP contribution < -0.4 is 5.32 Å². The van der Waals surface area contributed by atoms with E-state index in [0.29, 0.717) is 5.11 Å². The number of hydrogen-bond acceptors (Lipinski definition) is 1. The van der Waals surface area contributed by atoms with Crippen LogP contribution in [0.4, 0.5) is 10.1 Å². The average molecular weight is 351 g/mol. The molecule has 1 aliphatic rings. The number of nitrogens with zero attached hydrogens (tertiary/aromatic N) is 2. The fourth-order valence-corrected chi connectivity index (χ4v) is 3.63. The molecular weight excluding hydrogens is 333 g/mol. The molecule has 2 aromatic carbocycles. The summed E-state index contributed by atoms with van der Waals surface area (Å²) in [5.74, 6) is -0.230. The number of aromatic nitrogens is 1. The predicted octanol–water partition coefficient (Wildman–Crippen LogP) is 4.43. The van der Waals surface area contributed by atoms with E-state index in [9.17, 15) is 4.39 Å². The Hall–Kier alpha value is -2.66. The Balaban J connectivity index is 1.68. The summed E-state index contributed by atoms with van der Waals surface area (Å²) in [7, 11) is 0. The average Bonchev–Trinajstić information content (AvgIpc) is 3.11. The van der Waals surface area contributed by atoms with Crippen LogP contribution in [0, 0.1) is 5.82 Å². The number of anilines is 1. The molecule has 0 amide bonds. The van der Waals surface area contributed by atoms with E-state index in [1.54, 1.807) is 0 Å². The third kappa shape index (κ3) is 3.15. The molecule has 1 aromatic heterocycles. The molecule has 1 N–H and O–H groups in total. The molecule has 4 rings (SSSR count).